The molecule has 3 atom stereocenters. The van der Waals surface area contributed by atoms with E-state index in [-0.39, 0.29) is 23.0 Å². The van der Waals surface area contributed by atoms with Crippen LogP contribution in [0.5, 0.6) is 0 Å². The molecule has 0 aromatic heterocycles. The Morgan fingerprint density at radius 2 is 2.05 bits per heavy atom. The highest BCUT2D eigenvalue weighted by molar-refractivity contribution is 6.31. The minimum atomic E-state index is -1.39. The van der Waals surface area contributed by atoms with E-state index in [1.54, 1.807) is 31.2 Å². The zero-order chi connectivity index (χ0) is 26.9. The van der Waals surface area contributed by atoms with Crippen LogP contribution in [0.1, 0.15) is 76.2 Å². The molecule has 210 valence electrons. The Bertz CT molecular complexity index is 871. The number of likely N-dealkylation sites (tertiary alicyclic amines) is 1. The third-order valence-electron chi connectivity index (χ3n) is 8.10. The van der Waals surface area contributed by atoms with Crippen LogP contribution >= 0.6 is 11.6 Å². The molecule has 0 radical (unpaired) electrons. The summed E-state index contributed by atoms with van der Waals surface area (Å²) in [6.07, 6.45) is 7.40. The summed E-state index contributed by atoms with van der Waals surface area (Å²) in [5.41, 5.74) is -2.27. The van der Waals surface area contributed by atoms with Gasteiger partial charge in [0.25, 0.3) is 0 Å². The zero-order valence-electron chi connectivity index (χ0n) is 22.3. The van der Waals surface area contributed by atoms with Crippen molar-refractivity contribution in [1.82, 2.24) is 15.5 Å². The number of likely N-dealkylation sites (N-methyl/N-ethyl adjacent to an activating group) is 1. The molecule has 1 saturated carbocycles. The van der Waals surface area contributed by atoms with E-state index in [0.717, 1.165) is 25.7 Å². The van der Waals surface area contributed by atoms with E-state index in [1.165, 1.54) is 6.07 Å². The number of ether oxygens (including phenoxy) is 1. The van der Waals surface area contributed by atoms with Crippen LogP contribution in [0, 0.1) is 11.7 Å². The Hall–Kier alpha value is -1.48. The molecule has 0 unspecified atom stereocenters. The van der Waals surface area contributed by atoms with Crippen LogP contribution in [0.2, 0.25) is 5.02 Å². The van der Waals surface area contributed by atoms with Crippen molar-refractivity contribution in [2.24, 2.45) is 5.92 Å². The third kappa shape index (κ3) is 8.01. The number of benzene rings is 1. The number of hydrogen-bond acceptors (Lipinski definition) is 4. The standard InChI is InChI=1S/C28H44ClF2N3O3/c1-32-19-22(18-27(31)13-4-3-5-14-27)33-26(35)34-16-9-10-21(20-34)28(36,15-6-7-17-37-2)23-11-8-12-24(30)25(23)29/h8,11-12,21-22,32,36H,3-7,9-10,13-20H2,1-2H3,(H,33,35)/t21-,22+,28+/m1/s1. The first-order chi connectivity index (χ1) is 17.7. The molecule has 1 aromatic carbocycles. The number of urea groups is 1. The lowest BCUT2D eigenvalue weighted by atomic mass is 9.74. The van der Waals surface area contributed by atoms with Crippen LogP contribution in [-0.2, 0) is 10.3 Å². The topological polar surface area (TPSA) is 73.8 Å². The van der Waals surface area contributed by atoms with Crippen molar-refractivity contribution in [3.63, 3.8) is 0 Å². The van der Waals surface area contributed by atoms with E-state index >= 15 is 4.39 Å². The molecule has 6 nitrogen and oxygen atoms in total. The van der Waals surface area contributed by atoms with E-state index in [4.69, 9.17) is 16.3 Å². The molecular weight excluding hydrogens is 500 g/mol. The van der Waals surface area contributed by atoms with Gasteiger partial charge in [-0.3, -0.25) is 0 Å². The van der Waals surface area contributed by atoms with Crippen molar-refractivity contribution < 1.29 is 23.4 Å². The predicted molar refractivity (Wildman–Crippen MR) is 143 cm³/mol. The van der Waals surface area contributed by atoms with E-state index in [9.17, 15) is 14.3 Å². The maximum atomic E-state index is 15.4. The second-order valence-electron chi connectivity index (χ2n) is 10.9. The number of aliphatic hydroxyl groups is 1. The Labute approximate surface area is 225 Å². The molecule has 0 bridgehead atoms. The number of piperidine rings is 1. The average molecular weight is 544 g/mol. The molecule has 1 aliphatic heterocycles. The fraction of sp³-hybridized carbons (Fsp3) is 0.750. The van der Waals surface area contributed by atoms with Crippen LogP contribution in [0.15, 0.2) is 18.2 Å². The van der Waals surface area contributed by atoms with Gasteiger partial charge in [0.15, 0.2) is 0 Å². The number of alkyl halides is 1. The Kier molecular flexibility index (Phi) is 11.4. The largest absolute Gasteiger partial charge is 0.385 e. The summed E-state index contributed by atoms with van der Waals surface area (Å²) in [6, 6.07) is 3.94. The molecule has 1 saturated heterocycles. The van der Waals surface area contributed by atoms with Gasteiger partial charge in [0, 0.05) is 57.3 Å². The van der Waals surface area contributed by atoms with E-state index in [2.05, 4.69) is 10.6 Å². The van der Waals surface area contributed by atoms with Gasteiger partial charge in [-0.2, -0.15) is 0 Å². The number of hydrogen-bond donors (Lipinski definition) is 3. The molecule has 2 amide bonds. The summed E-state index contributed by atoms with van der Waals surface area (Å²) >= 11 is 6.35. The van der Waals surface area contributed by atoms with Crippen molar-refractivity contribution in [3.05, 3.63) is 34.6 Å². The summed E-state index contributed by atoms with van der Waals surface area (Å²) in [4.78, 5) is 15.0. The SMILES string of the molecule is CNC[C@H](CC1(F)CCCCC1)NC(=O)N1CCC[C@@H]([C@@](O)(CCCCOC)c2cccc(F)c2Cl)C1. The molecule has 1 aromatic rings. The second kappa shape index (κ2) is 14.1. The molecule has 1 heterocycles. The van der Waals surface area contributed by atoms with Crippen LogP contribution < -0.4 is 10.6 Å². The summed E-state index contributed by atoms with van der Waals surface area (Å²) in [5, 5.41) is 18.1. The number of carbonyl (C=O) groups is 1. The number of unbranched alkanes of at least 4 members (excludes halogenated alkanes) is 1. The van der Waals surface area contributed by atoms with Crippen LogP contribution in [0.25, 0.3) is 0 Å². The molecule has 37 heavy (non-hydrogen) atoms. The third-order valence-corrected chi connectivity index (χ3v) is 8.48. The van der Waals surface area contributed by atoms with E-state index < -0.39 is 17.1 Å². The summed E-state index contributed by atoms with van der Waals surface area (Å²) in [7, 11) is 3.43. The number of methoxy groups -OCH3 is 1. The first kappa shape index (κ1) is 30.1. The van der Waals surface area contributed by atoms with Gasteiger partial charge in [0.1, 0.15) is 11.5 Å². The van der Waals surface area contributed by atoms with Gasteiger partial charge in [0.2, 0.25) is 0 Å². The van der Waals surface area contributed by atoms with Crippen molar-refractivity contribution in [3.8, 4) is 0 Å². The quantitative estimate of drug-likeness (QED) is 0.302. The van der Waals surface area contributed by atoms with Crippen molar-refractivity contribution in [2.45, 2.75) is 87.9 Å². The minimum absolute atomic E-state index is 0.0758. The highest BCUT2D eigenvalue weighted by Crippen LogP contribution is 2.43. The zero-order valence-corrected chi connectivity index (χ0v) is 23.1. The highest BCUT2D eigenvalue weighted by Gasteiger charge is 2.43. The van der Waals surface area contributed by atoms with Gasteiger partial charge < -0.3 is 25.4 Å². The summed E-state index contributed by atoms with van der Waals surface area (Å²) in [6.45, 7) is 1.91. The Morgan fingerprint density at radius 1 is 1.30 bits per heavy atom. The molecular formula is C28H44ClF2N3O3. The molecule has 2 aliphatic rings. The van der Waals surface area contributed by atoms with Gasteiger partial charge in [-0.1, -0.05) is 43.0 Å². The van der Waals surface area contributed by atoms with Crippen LogP contribution in [0.4, 0.5) is 13.6 Å². The number of rotatable bonds is 12. The smallest absolute Gasteiger partial charge is 0.317 e. The average Bonchev–Trinajstić information content (AvgIpc) is 2.88. The van der Waals surface area contributed by atoms with Gasteiger partial charge in [-0.25, -0.2) is 13.6 Å². The molecule has 2 fully saturated rings. The summed E-state index contributed by atoms with van der Waals surface area (Å²) < 4.78 is 35.0. The predicted octanol–water partition coefficient (Wildman–Crippen LogP) is 5.56. The van der Waals surface area contributed by atoms with Gasteiger partial charge in [0.05, 0.1) is 10.6 Å². The van der Waals surface area contributed by atoms with Gasteiger partial charge in [-0.05, 0) is 58.1 Å². The number of halogens is 3. The molecule has 1 aliphatic carbocycles. The Morgan fingerprint density at radius 3 is 2.76 bits per heavy atom. The molecule has 3 rings (SSSR count). The summed E-state index contributed by atoms with van der Waals surface area (Å²) in [5.74, 6) is -0.889. The maximum absolute atomic E-state index is 15.4. The van der Waals surface area contributed by atoms with E-state index in [1.807, 2.05) is 0 Å². The van der Waals surface area contributed by atoms with Gasteiger partial charge in [-0.15, -0.1) is 0 Å². The number of carbonyl (C=O) groups excluding carboxylic acids is 1. The number of nitrogens with one attached hydrogen (secondary N) is 2. The number of nitrogens with zero attached hydrogens (tertiary/aromatic N) is 1. The van der Waals surface area contributed by atoms with Gasteiger partial charge >= 0.3 is 6.03 Å². The Balaban J connectivity index is 1.74. The molecule has 3 N–H and O–H groups in total. The van der Waals surface area contributed by atoms with Crippen molar-refractivity contribution in [1.29, 1.82) is 0 Å². The maximum Gasteiger partial charge on any atom is 0.317 e. The fourth-order valence-corrected chi connectivity index (χ4v) is 6.40. The fourth-order valence-electron chi connectivity index (χ4n) is 6.11. The highest BCUT2D eigenvalue weighted by atomic mass is 35.5. The van der Waals surface area contributed by atoms with Crippen LogP contribution in [-0.4, -0.2) is 68.1 Å². The lowest BCUT2D eigenvalue weighted by molar-refractivity contribution is -0.0565. The second-order valence-corrected chi connectivity index (χ2v) is 11.3. The monoisotopic (exact) mass is 543 g/mol. The normalized spacial score (nSPS) is 22.3. The van der Waals surface area contributed by atoms with Crippen molar-refractivity contribution in [2.75, 3.05) is 40.4 Å². The minimum Gasteiger partial charge on any atom is -0.385 e. The first-order valence-electron chi connectivity index (χ1n) is 13.8. The lowest BCUT2D eigenvalue weighted by Gasteiger charge is -2.43. The number of amides is 2. The lowest BCUT2D eigenvalue weighted by Crippen LogP contribution is -2.54. The van der Waals surface area contributed by atoms with E-state index in [0.29, 0.717) is 76.8 Å². The first-order valence-corrected chi connectivity index (χ1v) is 14.1. The molecule has 9 heteroatoms. The van der Waals surface area contributed by atoms with Crippen LogP contribution in [0.3, 0.4) is 0 Å². The van der Waals surface area contributed by atoms with Crippen molar-refractivity contribution >= 4 is 17.6 Å². The molecule has 0 spiro atoms.